The van der Waals surface area contributed by atoms with Gasteiger partial charge in [0, 0.05) is 81.6 Å². The number of nitrogens with two attached hydrogens (primary N) is 1. The first-order chi connectivity index (χ1) is 23.3. The molecule has 0 radical (unpaired) electrons. The zero-order valence-electron chi connectivity index (χ0n) is 32.6. The van der Waals surface area contributed by atoms with Crippen LogP contribution in [-0.2, 0) is 14.2 Å². The van der Waals surface area contributed by atoms with Crippen LogP contribution in [0.15, 0.2) is 54.6 Å². The molecule has 0 atom stereocenters. The van der Waals surface area contributed by atoms with E-state index < -0.39 is 11.2 Å². The standard InChI is InChI=1S/C18H29N3O2.C18H28N2O2.C4H8O/c1-17(2,3)23-16(22)21-12-10-18(4,11-13-21)20(5)15-8-6-14(19)7-9-15;1-17(2,3)22-16(21)20-13-11-18(4,12-14-20)19(5)15-9-7-6-8-10-15;1-2-4-5-3-1/h6-9H,10-13,19H2,1-5H3;6-10H,11-14H2,1-5H3;1-4H2. The maximum atomic E-state index is 12.2. The average Bonchev–Trinajstić information content (AvgIpc) is 3.65. The number of nitrogen functional groups attached to an aromatic ring is 1. The lowest BCUT2D eigenvalue weighted by molar-refractivity contribution is 0.0163. The van der Waals surface area contributed by atoms with Gasteiger partial charge in [0.25, 0.3) is 0 Å². The summed E-state index contributed by atoms with van der Waals surface area (Å²) in [7, 11) is 4.24. The van der Waals surface area contributed by atoms with E-state index in [0.29, 0.717) is 13.1 Å². The molecular weight excluding hydrogens is 630 g/mol. The smallest absolute Gasteiger partial charge is 0.410 e. The molecule has 5 rings (SSSR count). The first kappa shape index (κ1) is 40.8. The van der Waals surface area contributed by atoms with Gasteiger partial charge in [-0.1, -0.05) is 18.2 Å². The lowest BCUT2D eigenvalue weighted by atomic mass is 9.87. The topological polar surface area (TPSA) is 101 Å². The molecular formula is C40H65N5O5. The third kappa shape index (κ3) is 12.6. The number of ether oxygens (including phenoxy) is 3. The molecule has 280 valence electrons. The van der Waals surface area contributed by atoms with Crippen LogP contribution in [0.1, 0.15) is 93.9 Å². The predicted molar refractivity (Wildman–Crippen MR) is 205 cm³/mol. The van der Waals surface area contributed by atoms with E-state index in [9.17, 15) is 9.59 Å². The summed E-state index contributed by atoms with van der Waals surface area (Å²) >= 11 is 0. The van der Waals surface area contributed by atoms with Crippen molar-refractivity contribution in [2.75, 3.05) is 69.0 Å². The fourth-order valence-corrected chi connectivity index (χ4v) is 6.15. The molecule has 0 bridgehead atoms. The number of anilines is 3. The predicted octanol–water partition coefficient (Wildman–Crippen LogP) is 8.20. The van der Waals surface area contributed by atoms with Gasteiger partial charge in [-0.2, -0.15) is 0 Å². The maximum absolute atomic E-state index is 12.2. The average molecular weight is 696 g/mol. The third-order valence-corrected chi connectivity index (χ3v) is 9.86. The van der Waals surface area contributed by atoms with Crippen LogP contribution in [0.25, 0.3) is 0 Å². The van der Waals surface area contributed by atoms with Crippen LogP contribution in [0.3, 0.4) is 0 Å². The number of hydrogen-bond donors (Lipinski definition) is 1. The highest BCUT2D eigenvalue weighted by Gasteiger charge is 2.38. The monoisotopic (exact) mass is 695 g/mol. The van der Waals surface area contributed by atoms with Gasteiger partial charge in [-0.05, 0) is 130 Å². The van der Waals surface area contributed by atoms with Crippen molar-refractivity contribution in [3.63, 3.8) is 0 Å². The minimum absolute atomic E-state index is 0.0224. The zero-order chi connectivity index (χ0) is 37.2. The third-order valence-electron chi connectivity index (χ3n) is 9.86. The molecule has 3 saturated heterocycles. The number of para-hydroxylation sites is 1. The quantitative estimate of drug-likeness (QED) is 0.320. The number of nitrogens with zero attached hydrogens (tertiary/aromatic N) is 4. The van der Waals surface area contributed by atoms with Gasteiger partial charge in [-0.25, -0.2) is 9.59 Å². The van der Waals surface area contributed by atoms with E-state index in [0.717, 1.165) is 63.4 Å². The summed E-state index contributed by atoms with van der Waals surface area (Å²) in [5, 5.41) is 0. The summed E-state index contributed by atoms with van der Waals surface area (Å²) in [5.41, 5.74) is 8.11. The number of carbonyl (C=O) groups is 2. The van der Waals surface area contributed by atoms with E-state index in [-0.39, 0.29) is 23.3 Å². The lowest BCUT2D eigenvalue weighted by Crippen LogP contribution is -2.54. The summed E-state index contributed by atoms with van der Waals surface area (Å²) in [6, 6.07) is 18.3. The van der Waals surface area contributed by atoms with Crippen molar-refractivity contribution in [3.8, 4) is 0 Å². The molecule has 2 amide bonds. The SMILES string of the molecule is C1CCOC1.CN(c1ccc(N)cc1)C1(C)CCN(C(=O)OC(C)(C)C)CC1.CN(c1ccccc1)C1(C)CCN(C(=O)OC(C)(C)C)CC1. The Hall–Kier alpha value is -3.66. The Morgan fingerprint density at radius 2 is 1.02 bits per heavy atom. The first-order valence-corrected chi connectivity index (χ1v) is 18.2. The second-order valence-electron chi connectivity index (χ2n) is 16.3. The molecule has 0 aromatic heterocycles. The number of benzene rings is 2. The van der Waals surface area contributed by atoms with Crippen LogP contribution >= 0.6 is 0 Å². The molecule has 0 spiro atoms. The second kappa shape index (κ2) is 17.5. The van der Waals surface area contributed by atoms with Crippen LogP contribution in [-0.4, -0.2) is 97.8 Å². The van der Waals surface area contributed by atoms with E-state index >= 15 is 0 Å². The van der Waals surface area contributed by atoms with Crippen LogP contribution in [0.2, 0.25) is 0 Å². The zero-order valence-corrected chi connectivity index (χ0v) is 32.6. The molecule has 10 heteroatoms. The highest BCUT2D eigenvalue weighted by atomic mass is 16.6. The van der Waals surface area contributed by atoms with E-state index in [1.54, 1.807) is 0 Å². The molecule has 0 aliphatic carbocycles. The Morgan fingerprint density at radius 3 is 1.34 bits per heavy atom. The summed E-state index contributed by atoms with van der Waals surface area (Å²) < 4.78 is 15.9. The van der Waals surface area contributed by atoms with Crippen molar-refractivity contribution < 1.29 is 23.8 Å². The molecule has 50 heavy (non-hydrogen) atoms. The highest BCUT2D eigenvalue weighted by molar-refractivity contribution is 5.69. The molecule has 0 unspecified atom stereocenters. The van der Waals surface area contributed by atoms with Crippen molar-refractivity contribution in [1.82, 2.24) is 9.80 Å². The molecule has 2 aromatic carbocycles. The van der Waals surface area contributed by atoms with Gasteiger partial charge in [-0.15, -0.1) is 0 Å². The molecule has 2 N–H and O–H groups in total. The van der Waals surface area contributed by atoms with Crippen molar-refractivity contribution >= 4 is 29.2 Å². The van der Waals surface area contributed by atoms with E-state index in [4.69, 9.17) is 19.9 Å². The Bertz CT molecular complexity index is 1310. The summed E-state index contributed by atoms with van der Waals surface area (Å²) in [6.07, 6.45) is 5.85. The summed E-state index contributed by atoms with van der Waals surface area (Å²) in [5.74, 6) is 0. The minimum atomic E-state index is -0.446. The van der Waals surface area contributed by atoms with Gasteiger partial charge in [-0.3, -0.25) is 0 Å². The number of likely N-dealkylation sites (tertiary alicyclic amines) is 2. The van der Waals surface area contributed by atoms with Gasteiger partial charge in [0.2, 0.25) is 0 Å². The van der Waals surface area contributed by atoms with Crippen LogP contribution < -0.4 is 15.5 Å². The van der Waals surface area contributed by atoms with Crippen molar-refractivity contribution in [2.24, 2.45) is 0 Å². The number of piperidine rings is 2. The van der Waals surface area contributed by atoms with Gasteiger partial charge in [0.05, 0.1) is 0 Å². The van der Waals surface area contributed by atoms with E-state index in [1.165, 1.54) is 18.5 Å². The normalized spacial score (nSPS) is 18.4. The minimum Gasteiger partial charge on any atom is -0.444 e. The number of hydrogen-bond acceptors (Lipinski definition) is 8. The van der Waals surface area contributed by atoms with Gasteiger partial charge in [0.15, 0.2) is 0 Å². The number of rotatable bonds is 4. The number of amides is 2. The van der Waals surface area contributed by atoms with Crippen LogP contribution in [0, 0.1) is 0 Å². The van der Waals surface area contributed by atoms with E-state index in [2.05, 4.69) is 62.0 Å². The molecule has 3 aliphatic rings. The summed E-state index contributed by atoms with van der Waals surface area (Å²) in [4.78, 5) is 32.6. The van der Waals surface area contributed by atoms with Crippen LogP contribution in [0.5, 0.6) is 0 Å². The Labute approximate surface area is 302 Å². The molecule has 3 aliphatic heterocycles. The van der Waals surface area contributed by atoms with Crippen LogP contribution in [0.4, 0.5) is 26.7 Å². The van der Waals surface area contributed by atoms with E-state index in [1.807, 2.05) is 81.7 Å². The highest BCUT2D eigenvalue weighted by Crippen LogP contribution is 2.33. The largest absolute Gasteiger partial charge is 0.444 e. The molecule has 10 nitrogen and oxygen atoms in total. The van der Waals surface area contributed by atoms with Crippen molar-refractivity contribution in [1.29, 1.82) is 0 Å². The Kier molecular flexibility index (Phi) is 14.3. The summed E-state index contributed by atoms with van der Waals surface area (Å²) in [6.45, 7) is 20.8. The fraction of sp³-hybridized carbons (Fsp3) is 0.650. The fourth-order valence-electron chi connectivity index (χ4n) is 6.15. The molecule has 2 aromatic rings. The van der Waals surface area contributed by atoms with Crippen molar-refractivity contribution in [3.05, 3.63) is 54.6 Å². The maximum Gasteiger partial charge on any atom is 0.410 e. The van der Waals surface area contributed by atoms with Gasteiger partial charge < -0.3 is 39.5 Å². The first-order valence-electron chi connectivity index (χ1n) is 18.2. The Morgan fingerprint density at radius 1 is 0.660 bits per heavy atom. The van der Waals surface area contributed by atoms with Gasteiger partial charge in [0.1, 0.15) is 11.2 Å². The number of carbonyl (C=O) groups excluding carboxylic acids is 2. The van der Waals surface area contributed by atoms with Crippen molar-refractivity contribution in [2.45, 2.75) is 116 Å². The molecule has 3 heterocycles. The molecule has 0 saturated carbocycles. The van der Waals surface area contributed by atoms with Gasteiger partial charge >= 0.3 is 12.2 Å². The Balaban J connectivity index is 0.000000237. The lowest BCUT2D eigenvalue weighted by Gasteiger charge is -2.46. The second-order valence-corrected chi connectivity index (χ2v) is 16.3. The molecule has 3 fully saturated rings.